The summed E-state index contributed by atoms with van der Waals surface area (Å²) in [6, 6.07) is 7.75. The number of hydrogen-bond donors (Lipinski definition) is 1. The molecule has 108 valence electrons. The van der Waals surface area contributed by atoms with E-state index in [0.29, 0.717) is 5.69 Å². The average molecular weight is 320 g/mol. The summed E-state index contributed by atoms with van der Waals surface area (Å²) in [6.45, 7) is 3.90. The molecule has 0 saturated carbocycles. The fraction of sp³-hybridized carbons (Fsp3) is 0.286. The Morgan fingerprint density at radius 1 is 1.20 bits per heavy atom. The monoisotopic (exact) mass is 319 g/mol. The zero-order valence-electron chi connectivity index (χ0n) is 10.9. The molecule has 0 aliphatic rings. The lowest BCUT2D eigenvalue weighted by Gasteiger charge is -2.16. The number of anilines is 1. The van der Waals surface area contributed by atoms with E-state index in [1.54, 1.807) is 17.4 Å². The van der Waals surface area contributed by atoms with E-state index in [1.807, 2.05) is 26.0 Å². The first-order valence-electron chi connectivity index (χ1n) is 5.97. The molecule has 1 nitrogen and oxygen atoms in total. The lowest BCUT2D eigenvalue weighted by atomic mass is 10.1. The molecule has 0 bridgehead atoms. The third-order valence-corrected chi connectivity index (χ3v) is 4.36. The van der Waals surface area contributed by atoms with Crippen molar-refractivity contribution in [2.24, 2.45) is 0 Å². The van der Waals surface area contributed by atoms with Crippen molar-refractivity contribution in [1.29, 1.82) is 0 Å². The van der Waals surface area contributed by atoms with Gasteiger partial charge in [0.15, 0.2) is 0 Å². The smallest absolute Gasteiger partial charge is 0.378 e. The van der Waals surface area contributed by atoms with Crippen molar-refractivity contribution in [3.05, 3.63) is 50.7 Å². The highest BCUT2D eigenvalue weighted by Gasteiger charge is 2.33. The summed E-state index contributed by atoms with van der Waals surface area (Å²) >= 11 is 7.21. The van der Waals surface area contributed by atoms with Crippen LogP contribution >= 0.6 is 22.9 Å². The number of rotatable bonds is 3. The van der Waals surface area contributed by atoms with Gasteiger partial charge in [0.05, 0.1) is 16.6 Å². The summed E-state index contributed by atoms with van der Waals surface area (Å²) in [5.41, 5.74) is -0.418. The van der Waals surface area contributed by atoms with Gasteiger partial charge in [-0.1, -0.05) is 11.6 Å². The number of halogens is 4. The van der Waals surface area contributed by atoms with Crippen molar-refractivity contribution in [2.75, 3.05) is 5.32 Å². The molecule has 0 spiro atoms. The predicted octanol–water partition coefficient (Wildman–Crippen LogP) is 5.90. The van der Waals surface area contributed by atoms with Crippen molar-refractivity contribution < 1.29 is 13.2 Å². The standard InChI is InChI=1S/C14H13ClF3NS/c1-8-3-6-13(20-8)9(2)19-10-4-5-12(15)11(7-10)14(16,17)18/h3-7,9,19H,1-2H3. The molecule has 1 atom stereocenters. The van der Waals surface area contributed by atoms with Gasteiger partial charge in [0.1, 0.15) is 0 Å². The molecule has 1 aromatic carbocycles. The first kappa shape index (κ1) is 15.2. The lowest BCUT2D eigenvalue weighted by molar-refractivity contribution is -0.137. The van der Waals surface area contributed by atoms with E-state index in [1.165, 1.54) is 10.9 Å². The maximum Gasteiger partial charge on any atom is 0.417 e. The maximum absolute atomic E-state index is 12.8. The molecule has 0 aliphatic carbocycles. The minimum atomic E-state index is -4.45. The first-order chi connectivity index (χ1) is 9.27. The van der Waals surface area contributed by atoms with Crippen molar-refractivity contribution in [1.82, 2.24) is 0 Å². The first-order valence-corrected chi connectivity index (χ1v) is 7.16. The quantitative estimate of drug-likeness (QED) is 0.742. The molecular weight excluding hydrogens is 307 g/mol. The molecule has 0 fully saturated rings. The second-order valence-electron chi connectivity index (χ2n) is 4.51. The van der Waals surface area contributed by atoms with Crippen LogP contribution in [0.4, 0.5) is 18.9 Å². The molecule has 2 rings (SSSR count). The predicted molar refractivity (Wildman–Crippen MR) is 77.5 cm³/mol. The van der Waals surface area contributed by atoms with Crippen molar-refractivity contribution in [2.45, 2.75) is 26.1 Å². The third-order valence-electron chi connectivity index (χ3n) is 2.84. The number of hydrogen-bond acceptors (Lipinski definition) is 2. The highest BCUT2D eigenvalue weighted by atomic mass is 35.5. The van der Waals surface area contributed by atoms with Crippen LogP contribution in [-0.2, 0) is 6.18 Å². The van der Waals surface area contributed by atoms with E-state index in [-0.39, 0.29) is 11.1 Å². The molecule has 0 amide bonds. The molecule has 1 aromatic heterocycles. The van der Waals surface area contributed by atoms with E-state index in [2.05, 4.69) is 5.32 Å². The normalized spacial score (nSPS) is 13.3. The van der Waals surface area contributed by atoms with Gasteiger partial charge in [0, 0.05) is 15.4 Å². The van der Waals surface area contributed by atoms with Crippen LogP contribution in [0.25, 0.3) is 0 Å². The number of nitrogens with one attached hydrogen (secondary N) is 1. The van der Waals surface area contributed by atoms with E-state index in [4.69, 9.17) is 11.6 Å². The van der Waals surface area contributed by atoms with E-state index >= 15 is 0 Å². The minimum Gasteiger partial charge on any atom is -0.378 e. The topological polar surface area (TPSA) is 12.0 Å². The fourth-order valence-corrected chi connectivity index (χ4v) is 2.94. The Bertz CT molecular complexity index is 607. The van der Waals surface area contributed by atoms with Crippen LogP contribution in [0.15, 0.2) is 30.3 Å². The van der Waals surface area contributed by atoms with Crippen LogP contribution in [0.3, 0.4) is 0 Å². The van der Waals surface area contributed by atoms with Gasteiger partial charge in [-0.15, -0.1) is 11.3 Å². The fourth-order valence-electron chi connectivity index (χ4n) is 1.84. The average Bonchev–Trinajstić information content (AvgIpc) is 2.77. The van der Waals surface area contributed by atoms with Gasteiger partial charge in [0.25, 0.3) is 0 Å². The molecule has 20 heavy (non-hydrogen) atoms. The van der Waals surface area contributed by atoms with Crippen LogP contribution in [0.5, 0.6) is 0 Å². The van der Waals surface area contributed by atoms with Gasteiger partial charge in [0.2, 0.25) is 0 Å². The molecule has 2 aromatic rings. The molecule has 0 saturated heterocycles. The van der Waals surface area contributed by atoms with Gasteiger partial charge in [-0.2, -0.15) is 13.2 Å². The summed E-state index contributed by atoms with van der Waals surface area (Å²) in [7, 11) is 0. The highest BCUT2D eigenvalue weighted by Crippen LogP contribution is 2.37. The zero-order chi connectivity index (χ0) is 14.9. The Morgan fingerprint density at radius 3 is 2.45 bits per heavy atom. The van der Waals surface area contributed by atoms with Gasteiger partial charge in [-0.25, -0.2) is 0 Å². The van der Waals surface area contributed by atoms with Crippen molar-refractivity contribution >= 4 is 28.6 Å². The SMILES string of the molecule is Cc1ccc(C(C)Nc2ccc(Cl)c(C(F)(F)F)c2)s1. The summed E-state index contributed by atoms with van der Waals surface area (Å²) < 4.78 is 38.3. The van der Waals surface area contributed by atoms with Gasteiger partial charge in [-0.3, -0.25) is 0 Å². The van der Waals surface area contributed by atoms with Crippen molar-refractivity contribution in [3.63, 3.8) is 0 Å². The molecule has 1 heterocycles. The summed E-state index contributed by atoms with van der Waals surface area (Å²) in [6.07, 6.45) is -4.45. The van der Waals surface area contributed by atoms with Crippen LogP contribution in [0, 0.1) is 6.92 Å². The van der Waals surface area contributed by atoms with Crippen LogP contribution in [0.2, 0.25) is 5.02 Å². The molecular formula is C14H13ClF3NS. The van der Waals surface area contributed by atoms with E-state index in [0.717, 1.165) is 10.9 Å². The number of alkyl halides is 3. The molecule has 0 aliphatic heterocycles. The molecule has 1 unspecified atom stereocenters. The third kappa shape index (κ3) is 3.46. The molecule has 1 N–H and O–H groups in total. The Labute approximate surface area is 124 Å². The Kier molecular flexibility index (Phi) is 4.30. The second-order valence-corrected chi connectivity index (χ2v) is 6.23. The van der Waals surface area contributed by atoms with Gasteiger partial charge in [-0.05, 0) is 44.2 Å². The van der Waals surface area contributed by atoms with Crippen LogP contribution in [-0.4, -0.2) is 0 Å². The minimum absolute atomic E-state index is 0.0593. The Hall–Kier alpha value is -1.20. The number of thiophene rings is 1. The van der Waals surface area contributed by atoms with Crippen molar-refractivity contribution in [3.8, 4) is 0 Å². The number of aryl methyl sites for hydroxylation is 1. The second kappa shape index (κ2) is 5.66. The summed E-state index contributed by atoms with van der Waals surface area (Å²) in [5, 5.41) is 2.77. The molecule has 6 heteroatoms. The van der Waals surface area contributed by atoms with Crippen LogP contribution < -0.4 is 5.32 Å². The van der Waals surface area contributed by atoms with E-state index in [9.17, 15) is 13.2 Å². The van der Waals surface area contributed by atoms with Crippen LogP contribution in [0.1, 0.15) is 28.3 Å². The Morgan fingerprint density at radius 2 is 1.90 bits per heavy atom. The lowest BCUT2D eigenvalue weighted by Crippen LogP contribution is -2.09. The van der Waals surface area contributed by atoms with Gasteiger partial charge >= 0.3 is 6.18 Å². The summed E-state index contributed by atoms with van der Waals surface area (Å²) in [5.74, 6) is 0. The summed E-state index contributed by atoms with van der Waals surface area (Å²) in [4.78, 5) is 2.24. The van der Waals surface area contributed by atoms with E-state index < -0.39 is 11.7 Å². The molecule has 0 radical (unpaired) electrons. The largest absolute Gasteiger partial charge is 0.417 e. The number of benzene rings is 1. The van der Waals surface area contributed by atoms with Gasteiger partial charge < -0.3 is 5.32 Å². The Balaban J connectivity index is 2.22. The highest BCUT2D eigenvalue weighted by molar-refractivity contribution is 7.12. The maximum atomic E-state index is 12.8. The zero-order valence-corrected chi connectivity index (χ0v) is 12.5.